The predicted octanol–water partition coefficient (Wildman–Crippen LogP) is 1.58. The molecule has 102 valence electrons. The Labute approximate surface area is 106 Å². The topological polar surface area (TPSA) is 49.4 Å². The van der Waals surface area contributed by atoms with E-state index >= 15 is 0 Å². The van der Waals surface area contributed by atoms with Gasteiger partial charge in [0.05, 0.1) is 5.75 Å². The van der Waals surface area contributed by atoms with Crippen LogP contribution < -0.4 is 5.32 Å². The maximum atomic E-state index is 12.1. The highest BCUT2D eigenvalue weighted by atomic mass is 32.2. The molecule has 1 saturated carbocycles. The van der Waals surface area contributed by atoms with Crippen LogP contribution in [0.25, 0.3) is 0 Å². The minimum Gasteiger partial charge on any atom is -0.314 e. The lowest BCUT2D eigenvalue weighted by Crippen LogP contribution is -2.39. The van der Waals surface area contributed by atoms with Crippen LogP contribution in [0.4, 0.5) is 0 Å². The van der Waals surface area contributed by atoms with Gasteiger partial charge in [0.1, 0.15) is 0 Å². The van der Waals surface area contributed by atoms with Crippen molar-refractivity contribution in [3.05, 3.63) is 0 Å². The Hall–Kier alpha value is -0.130. The zero-order valence-corrected chi connectivity index (χ0v) is 12.1. The number of nitrogens with one attached hydrogen (secondary N) is 1. The molecule has 1 rings (SSSR count). The highest BCUT2D eigenvalue weighted by molar-refractivity contribution is 7.89. The van der Waals surface area contributed by atoms with Gasteiger partial charge in [-0.05, 0) is 46.1 Å². The van der Waals surface area contributed by atoms with Crippen LogP contribution in [0, 0.1) is 0 Å². The molecule has 0 aromatic rings. The van der Waals surface area contributed by atoms with Gasteiger partial charge < -0.3 is 5.32 Å². The van der Waals surface area contributed by atoms with Crippen LogP contribution in [0.5, 0.6) is 0 Å². The first kappa shape index (κ1) is 14.9. The van der Waals surface area contributed by atoms with Crippen molar-refractivity contribution in [2.45, 2.75) is 58.5 Å². The van der Waals surface area contributed by atoms with E-state index in [4.69, 9.17) is 0 Å². The highest BCUT2D eigenvalue weighted by Gasteiger charge is 2.24. The minimum atomic E-state index is -3.07. The fraction of sp³-hybridized carbons (Fsp3) is 1.00. The van der Waals surface area contributed by atoms with E-state index < -0.39 is 10.0 Å². The normalized spacial score (nSPS) is 17.0. The van der Waals surface area contributed by atoms with Crippen molar-refractivity contribution in [1.82, 2.24) is 9.62 Å². The third-order valence-corrected chi connectivity index (χ3v) is 5.09. The Morgan fingerprint density at radius 2 is 2.00 bits per heavy atom. The van der Waals surface area contributed by atoms with Crippen molar-refractivity contribution >= 4 is 10.0 Å². The number of hydrogen-bond donors (Lipinski definition) is 1. The molecule has 0 aliphatic heterocycles. The highest BCUT2D eigenvalue weighted by Crippen LogP contribution is 2.18. The summed E-state index contributed by atoms with van der Waals surface area (Å²) in [4.78, 5) is 0. The van der Waals surface area contributed by atoms with Crippen molar-refractivity contribution in [2.24, 2.45) is 0 Å². The molecular formula is C12H26N2O2S. The summed E-state index contributed by atoms with van der Waals surface area (Å²) in [5, 5.41) is 3.35. The Bertz CT molecular complexity index is 310. The quantitative estimate of drug-likeness (QED) is 0.642. The Balaban J connectivity index is 2.34. The van der Waals surface area contributed by atoms with Crippen LogP contribution in [-0.4, -0.2) is 43.6 Å². The summed E-state index contributed by atoms with van der Waals surface area (Å²) in [6.07, 6.45) is 4.09. The van der Waals surface area contributed by atoms with Gasteiger partial charge in [-0.3, -0.25) is 0 Å². The standard InChI is InChI=1S/C12H26N2O2S/c1-4-9-14(11(2)3)17(15,16)10-5-8-13-12-6-7-12/h11-13H,4-10H2,1-3H3. The van der Waals surface area contributed by atoms with Gasteiger partial charge in [-0.15, -0.1) is 0 Å². The molecule has 0 bridgehead atoms. The molecule has 0 heterocycles. The molecule has 1 fully saturated rings. The lowest BCUT2D eigenvalue weighted by Gasteiger charge is -2.25. The first-order valence-corrected chi connectivity index (χ1v) is 8.31. The van der Waals surface area contributed by atoms with Crippen LogP contribution >= 0.6 is 0 Å². The van der Waals surface area contributed by atoms with Gasteiger partial charge in [-0.25, -0.2) is 8.42 Å². The summed E-state index contributed by atoms with van der Waals surface area (Å²) in [6, 6.07) is 0.728. The first-order valence-electron chi connectivity index (χ1n) is 6.70. The van der Waals surface area contributed by atoms with Crippen LogP contribution in [0.15, 0.2) is 0 Å². The molecular weight excluding hydrogens is 236 g/mol. The molecule has 0 unspecified atom stereocenters. The van der Waals surface area contributed by atoms with Crippen LogP contribution in [0.3, 0.4) is 0 Å². The van der Waals surface area contributed by atoms with E-state index in [1.54, 1.807) is 4.31 Å². The Kier molecular flexibility index (Phi) is 5.89. The van der Waals surface area contributed by atoms with E-state index in [2.05, 4.69) is 5.32 Å². The van der Waals surface area contributed by atoms with Gasteiger partial charge in [-0.2, -0.15) is 4.31 Å². The van der Waals surface area contributed by atoms with E-state index in [0.29, 0.717) is 19.0 Å². The van der Waals surface area contributed by atoms with Crippen molar-refractivity contribution < 1.29 is 8.42 Å². The van der Waals surface area contributed by atoms with E-state index in [1.165, 1.54) is 12.8 Å². The first-order chi connectivity index (χ1) is 7.97. The molecule has 0 aromatic carbocycles. The number of sulfonamides is 1. The molecule has 4 nitrogen and oxygen atoms in total. The fourth-order valence-electron chi connectivity index (χ4n) is 1.90. The second-order valence-corrected chi connectivity index (χ2v) is 7.14. The van der Waals surface area contributed by atoms with E-state index in [-0.39, 0.29) is 11.8 Å². The molecule has 5 heteroatoms. The summed E-state index contributed by atoms with van der Waals surface area (Å²) >= 11 is 0. The maximum absolute atomic E-state index is 12.1. The summed E-state index contributed by atoms with van der Waals surface area (Å²) in [6.45, 7) is 7.35. The van der Waals surface area contributed by atoms with Gasteiger partial charge in [0.2, 0.25) is 10.0 Å². The molecule has 17 heavy (non-hydrogen) atoms. The van der Waals surface area contributed by atoms with Crippen molar-refractivity contribution in [1.29, 1.82) is 0 Å². The molecule has 1 aliphatic carbocycles. The van der Waals surface area contributed by atoms with E-state index in [0.717, 1.165) is 13.0 Å². The van der Waals surface area contributed by atoms with Gasteiger partial charge in [0.15, 0.2) is 0 Å². The van der Waals surface area contributed by atoms with Crippen molar-refractivity contribution in [3.63, 3.8) is 0 Å². The molecule has 1 N–H and O–H groups in total. The number of hydrogen-bond acceptors (Lipinski definition) is 3. The van der Waals surface area contributed by atoms with Gasteiger partial charge in [-0.1, -0.05) is 6.92 Å². The van der Waals surface area contributed by atoms with Gasteiger partial charge in [0.25, 0.3) is 0 Å². The average molecular weight is 262 g/mol. The van der Waals surface area contributed by atoms with E-state index in [1.807, 2.05) is 20.8 Å². The summed E-state index contributed by atoms with van der Waals surface area (Å²) < 4.78 is 25.9. The summed E-state index contributed by atoms with van der Waals surface area (Å²) in [5.41, 5.74) is 0. The molecule has 0 saturated heterocycles. The monoisotopic (exact) mass is 262 g/mol. The lowest BCUT2D eigenvalue weighted by atomic mass is 10.4. The smallest absolute Gasteiger partial charge is 0.214 e. The number of rotatable bonds is 9. The second kappa shape index (κ2) is 6.71. The Morgan fingerprint density at radius 3 is 2.47 bits per heavy atom. The van der Waals surface area contributed by atoms with Crippen molar-refractivity contribution in [2.75, 3.05) is 18.8 Å². The predicted molar refractivity (Wildman–Crippen MR) is 71.6 cm³/mol. The third-order valence-electron chi connectivity index (χ3n) is 2.97. The molecule has 0 atom stereocenters. The molecule has 0 radical (unpaired) electrons. The SMILES string of the molecule is CCCN(C(C)C)S(=O)(=O)CCCNC1CC1. The molecule has 0 spiro atoms. The molecule has 1 aliphatic rings. The molecule has 0 amide bonds. The molecule has 0 aromatic heterocycles. The third kappa shape index (κ3) is 5.36. The maximum Gasteiger partial charge on any atom is 0.214 e. The second-order valence-electron chi connectivity index (χ2n) is 5.10. The Morgan fingerprint density at radius 1 is 1.35 bits per heavy atom. The zero-order valence-electron chi connectivity index (χ0n) is 11.3. The largest absolute Gasteiger partial charge is 0.314 e. The summed E-state index contributed by atoms with van der Waals surface area (Å²) in [7, 11) is -3.07. The van der Waals surface area contributed by atoms with Crippen LogP contribution in [-0.2, 0) is 10.0 Å². The van der Waals surface area contributed by atoms with E-state index in [9.17, 15) is 8.42 Å². The average Bonchev–Trinajstić information content (AvgIpc) is 3.04. The van der Waals surface area contributed by atoms with Gasteiger partial charge >= 0.3 is 0 Å². The fourth-order valence-corrected chi connectivity index (χ4v) is 3.75. The summed E-state index contributed by atoms with van der Waals surface area (Å²) in [5.74, 6) is 0.269. The van der Waals surface area contributed by atoms with Gasteiger partial charge in [0, 0.05) is 18.6 Å². The van der Waals surface area contributed by atoms with Crippen LogP contribution in [0.2, 0.25) is 0 Å². The lowest BCUT2D eigenvalue weighted by molar-refractivity contribution is 0.353. The minimum absolute atomic E-state index is 0.0661. The zero-order chi connectivity index (χ0) is 12.9. The van der Waals surface area contributed by atoms with Crippen molar-refractivity contribution in [3.8, 4) is 0 Å². The number of nitrogens with zero attached hydrogens (tertiary/aromatic N) is 1. The van der Waals surface area contributed by atoms with Crippen LogP contribution in [0.1, 0.15) is 46.5 Å².